The molecule has 5 rings (SSSR count). The molecule has 3 aromatic heterocycles. The first-order valence-corrected chi connectivity index (χ1v) is 10.4. The number of ether oxygens (including phenoxy) is 1. The van der Waals surface area contributed by atoms with E-state index in [4.69, 9.17) is 10.5 Å². The van der Waals surface area contributed by atoms with E-state index < -0.39 is 11.6 Å². The van der Waals surface area contributed by atoms with Crippen molar-refractivity contribution in [2.45, 2.75) is 19.4 Å². The molecule has 1 aromatic carbocycles. The van der Waals surface area contributed by atoms with Gasteiger partial charge in [0.1, 0.15) is 5.65 Å². The molecule has 10 heteroatoms. The minimum Gasteiger partial charge on any atom is -0.467 e. The summed E-state index contributed by atoms with van der Waals surface area (Å²) in [4.78, 5) is 18.2. The fourth-order valence-electron chi connectivity index (χ4n) is 4.36. The number of halogens is 2. The topological polar surface area (TPSA) is 105 Å². The first kappa shape index (κ1) is 20.4. The van der Waals surface area contributed by atoms with Crippen molar-refractivity contribution in [1.82, 2.24) is 19.9 Å². The quantitative estimate of drug-likeness (QED) is 0.438. The molecule has 1 aliphatic rings. The number of fused-ring (bicyclic) bond motifs is 3. The van der Waals surface area contributed by atoms with Gasteiger partial charge in [-0.3, -0.25) is 0 Å². The molecule has 0 saturated carbocycles. The van der Waals surface area contributed by atoms with Gasteiger partial charge >= 0.3 is 6.01 Å². The highest BCUT2D eigenvalue weighted by Crippen LogP contribution is 2.43. The number of hydrogen-bond donors (Lipinski definition) is 3. The highest BCUT2D eigenvalue weighted by Gasteiger charge is 2.28. The van der Waals surface area contributed by atoms with Crippen LogP contribution in [0.4, 0.5) is 20.2 Å². The molecular formula is C22H23F2N7O. The Labute approximate surface area is 182 Å². The monoisotopic (exact) mass is 439 g/mol. The number of nitrogens with zero attached hydrogens (tertiary/aromatic N) is 4. The largest absolute Gasteiger partial charge is 0.467 e. The van der Waals surface area contributed by atoms with E-state index in [1.165, 1.54) is 13.2 Å². The van der Waals surface area contributed by atoms with Gasteiger partial charge in [0.2, 0.25) is 0 Å². The van der Waals surface area contributed by atoms with Gasteiger partial charge in [0, 0.05) is 61.5 Å². The van der Waals surface area contributed by atoms with Crippen molar-refractivity contribution in [3.8, 4) is 17.1 Å². The van der Waals surface area contributed by atoms with Gasteiger partial charge in [0.25, 0.3) is 0 Å². The van der Waals surface area contributed by atoms with E-state index in [9.17, 15) is 4.39 Å². The Kier molecular flexibility index (Phi) is 5.01. The van der Waals surface area contributed by atoms with Crippen LogP contribution in [0.1, 0.15) is 13.3 Å². The molecule has 0 radical (unpaired) electrons. The number of aromatic nitrogens is 4. The van der Waals surface area contributed by atoms with Gasteiger partial charge in [-0.25, -0.2) is 23.7 Å². The zero-order valence-electron chi connectivity index (χ0n) is 17.7. The predicted molar refractivity (Wildman–Crippen MR) is 120 cm³/mol. The molecular weight excluding hydrogens is 416 g/mol. The maximum atomic E-state index is 15.2. The minimum atomic E-state index is -0.920. The minimum absolute atomic E-state index is 0.0118. The molecule has 1 aliphatic heterocycles. The van der Waals surface area contributed by atoms with Crippen molar-refractivity contribution in [2.75, 3.05) is 37.0 Å². The van der Waals surface area contributed by atoms with Gasteiger partial charge in [-0.1, -0.05) is 0 Å². The maximum Gasteiger partial charge on any atom is 0.316 e. The maximum absolute atomic E-state index is 15.2. The molecule has 0 spiro atoms. The van der Waals surface area contributed by atoms with Crippen molar-refractivity contribution in [2.24, 2.45) is 5.73 Å². The summed E-state index contributed by atoms with van der Waals surface area (Å²) in [5.41, 5.74) is 9.75. The van der Waals surface area contributed by atoms with Crippen LogP contribution in [0.25, 0.3) is 33.1 Å². The van der Waals surface area contributed by atoms with E-state index in [1.807, 2.05) is 6.92 Å². The van der Waals surface area contributed by atoms with E-state index in [-0.39, 0.29) is 17.4 Å². The van der Waals surface area contributed by atoms with E-state index in [1.54, 1.807) is 18.6 Å². The van der Waals surface area contributed by atoms with E-state index in [2.05, 4.69) is 30.2 Å². The lowest BCUT2D eigenvalue weighted by Crippen LogP contribution is -2.26. The second kappa shape index (κ2) is 7.86. The van der Waals surface area contributed by atoms with E-state index >= 15 is 4.39 Å². The number of methoxy groups -OCH3 is 1. The van der Waals surface area contributed by atoms with Crippen LogP contribution >= 0.6 is 0 Å². The Morgan fingerprint density at radius 1 is 1.22 bits per heavy atom. The Morgan fingerprint density at radius 3 is 2.66 bits per heavy atom. The third-order valence-electron chi connectivity index (χ3n) is 5.79. The lowest BCUT2D eigenvalue weighted by atomic mass is 10.0. The first-order valence-electron chi connectivity index (χ1n) is 10.4. The molecule has 1 fully saturated rings. The summed E-state index contributed by atoms with van der Waals surface area (Å²) in [5.74, 6) is -1.83. The fraction of sp³-hybridized carbons (Fsp3) is 0.318. The molecule has 0 bridgehead atoms. The molecule has 0 aliphatic carbocycles. The molecule has 1 atom stereocenters. The van der Waals surface area contributed by atoms with Gasteiger partial charge in [-0.05, 0) is 13.3 Å². The highest BCUT2D eigenvalue weighted by molar-refractivity contribution is 6.18. The van der Waals surface area contributed by atoms with Crippen LogP contribution in [0.2, 0.25) is 0 Å². The normalized spacial score (nSPS) is 16.3. The zero-order chi connectivity index (χ0) is 22.4. The van der Waals surface area contributed by atoms with Crippen LogP contribution in [0.15, 0.2) is 24.7 Å². The van der Waals surface area contributed by atoms with Gasteiger partial charge < -0.3 is 25.7 Å². The summed E-state index contributed by atoms with van der Waals surface area (Å²) >= 11 is 0. The molecule has 4 aromatic rings. The molecule has 4 N–H and O–H groups in total. The Balaban J connectivity index is 1.86. The lowest BCUT2D eigenvalue weighted by molar-refractivity contribution is 0.380. The van der Waals surface area contributed by atoms with Gasteiger partial charge in [-0.15, -0.1) is 0 Å². The summed E-state index contributed by atoms with van der Waals surface area (Å²) in [7, 11) is 1.49. The zero-order valence-corrected chi connectivity index (χ0v) is 17.7. The fourth-order valence-corrected chi connectivity index (χ4v) is 4.36. The van der Waals surface area contributed by atoms with E-state index in [0.717, 1.165) is 12.1 Å². The number of nitrogens with one attached hydrogen (secondary N) is 2. The molecule has 32 heavy (non-hydrogen) atoms. The predicted octanol–water partition coefficient (Wildman–Crippen LogP) is 3.43. The molecule has 1 saturated heterocycles. The van der Waals surface area contributed by atoms with Crippen LogP contribution in [-0.2, 0) is 0 Å². The third kappa shape index (κ3) is 3.18. The molecule has 1 unspecified atom stereocenters. The summed E-state index contributed by atoms with van der Waals surface area (Å²) in [6, 6.07) is 1.39. The number of aromatic amines is 1. The van der Waals surface area contributed by atoms with Gasteiger partial charge in [0.15, 0.2) is 11.6 Å². The average molecular weight is 439 g/mol. The Morgan fingerprint density at radius 2 is 2.00 bits per heavy atom. The second-order valence-corrected chi connectivity index (χ2v) is 7.82. The summed E-state index contributed by atoms with van der Waals surface area (Å²) in [6.45, 7) is 3.73. The first-order chi connectivity index (χ1) is 15.5. The Bertz CT molecular complexity index is 1310. The Hall–Kier alpha value is -3.53. The van der Waals surface area contributed by atoms with Crippen molar-refractivity contribution < 1.29 is 13.5 Å². The highest BCUT2D eigenvalue weighted by atomic mass is 19.2. The SMILES string of the molecule is CCNc1cc(F)c(F)c2c1[nH]c1ncc(-c3cnc(OC)nc3)c(N3CCC(N)C3)c12. The van der Waals surface area contributed by atoms with Crippen LogP contribution in [0, 0.1) is 11.6 Å². The number of benzene rings is 1. The number of nitrogens with two attached hydrogens (primary N) is 1. The second-order valence-electron chi connectivity index (χ2n) is 7.82. The van der Waals surface area contributed by atoms with Crippen molar-refractivity contribution in [1.29, 1.82) is 0 Å². The molecule has 166 valence electrons. The van der Waals surface area contributed by atoms with Crippen molar-refractivity contribution in [3.05, 3.63) is 36.3 Å². The van der Waals surface area contributed by atoms with Crippen molar-refractivity contribution in [3.63, 3.8) is 0 Å². The summed E-state index contributed by atoms with van der Waals surface area (Å²) in [6.07, 6.45) is 5.75. The van der Waals surface area contributed by atoms with Crippen LogP contribution in [0.5, 0.6) is 6.01 Å². The van der Waals surface area contributed by atoms with Crippen LogP contribution in [-0.4, -0.2) is 52.7 Å². The number of pyridine rings is 1. The van der Waals surface area contributed by atoms with Crippen molar-refractivity contribution >= 4 is 33.3 Å². The summed E-state index contributed by atoms with van der Waals surface area (Å²) in [5, 5.41) is 3.78. The number of hydrogen-bond acceptors (Lipinski definition) is 7. The van der Waals surface area contributed by atoms with Crippen LogP contribution in [0.3, 0.4) is 0 Å². The number of rotatable bonds is 5. The smallest absolute Gasteiger partial charge is 0.316 e. The third-order valence-corrected chi connectivity index (χ3v) is 5.79. The number of H-pyrrole nitrogens is 1. The molecule has 8 nitrogen and oxygen atoms in total. The van der Waals surface area contributed by atoms with E-state index in [0.29, 0.717) is 53.0 Å². The molecule has 4 heterocycles. The average Bonchev–Trinajstić information content (AvgIpc) is 3.41. The number of anilines is 2. The standard InChI is InChI=1S/C22H23F2N7O/c1-3-26-15-6-14(23)18(24)16-17-20(31-5-4-12(25)10-31)13(9-27-21(17)30-19(15)16)11-7-28-22(32-2)29-8-11/h6-9,12,26H,3-5,10,25H2,1-2H3,(H,27,30). The van der Waals surface area contributed by atoms with Crippen LogP contribution < -0.4 is 20.7 Å². The van der Waals surface area contributed by atoms with Gasteiger partial charge in [0.05, 0.1) is 34.8 Å². The lowest BCUT2D eigenvalue weighted by Gasteiger charge is -2.23. The summed E-state index contributed by atoms with van der Waals surface area (Å²) < 4.78 is 34.9. The van der Waals surface area contributed by atoms with Gasteiger partial charge in [-0.2, -0.15) is 0 Å². The molecule has 0 amide bonds.